The third kappa shape index (κ3) is 5.95. The van der Waals surface area contributed by atoms with Crippen molar-refractivity contribution in [1.29, 1.82) is 0 Å². The average molecular weight is 804 g/mol. The second kappa shape index (κ2) is 15.1. The van der Waals surface area contributed by atoms with Crippen LogP contribution in [0.5, 0.6) is 11.5 Å². The fourth-order valence-corrected chi connectivity index (χ4v) is 10.2. The second-order valence-electron chi connectivity index (χ2n) is 16.4. The van der Waals surface area contributed by atoms with Crippen LogP contribution in [0.15, 0.2) is 249 Å². The number of nitrogens with zero attached hydrogens (tertiary/aromatic N) is 1. The Morgan fingerprint density at radius 2 is 0.698 bits per heavy atom. The zero-order chi connectivity index (χ0) is 41.7. The monoisotopic (exact) mass is 803 g/mol. The number of hydrogen-bond donors (Lipinski definition) is 0. The Morgan fingerprint density at radius 1 is 0.270 bits per heavy atom. The van der Waals surface area contributed by atoms with Gasteiger partial charge in [-0.2, -0.15) is 0 Å². The molecule has 2 heteroatoms. The molecule has 1 heterocycles. The van der Waals surface area contributed by atoms with Gasteiger partial charge in [-0.3, -0.25) is 0 Å². The molecule has 0 saturated heterocycles. The van der Waals surface area contributed by atoms with Crippen molar-refractivity contribution < 1.29 is 4.74 Å². The first-order chi connectivity index (χ1) is 31.3. The Labute approximate surface area is 368 Å². The first-order valence-electron chi connectivity index (χ1n) is 21.7. The summed E-state index contributed by atoms with van der Waals surface area (Å²) in [5.74, 6) is 1.81. The summed E-state index contributed by atoms with van der Waals surface area (Å²) < 4.78 is 6.57. The molecular formula is C61H41NO. The van der Waals surface area contributed by atoms with Crippen LogP contribution in [0.1, 0.15) is 22.3 Å². The highest BCUT2D eigenvalue weighted by Crippen LogP contribution is 2.62. The summed E-state index contributed by atoms with van der Waals surface area (Å²) in [5.41, 5.74) is 19.6. The summed E-state index contributed by atoms with van der Waals surface area (Å²) in [7, 11) is 0. The molecule has 0 unspecified atom stereocenters. The molecule has 0 aromatic heterocycles. The van der Waals surface area contributed by atoms with Crippen molar-refractivity contribution in [2.45, 2.75) is 5.41 Å². The molecule has 10 aromatic carbocycles. The van der Waals surface area contributed by atoms with E-state index in [2.05, 4.69) is 254 Å². The van der Waals surface area contributed by atoms with E-state index in [0.29, 0.717) is 0 Å². The standard InChI is InChI=1S/C61H41NO/c1-4-18-42(19-5-1)47-35-39-58(51(40-47)45-22-8-3-9-23-45)62(57-29-15-11-24-49(57)44-20-6-2-7-21-44)48-36-32-43(33-37-48)46-34-38-54-52(41-46)50-25-10-12-26-53(50)61(54)55-27-13-16-30-59(55)63-60-31-17-14-28-56(60)61/h1-41H. The van der Waals surface area contributed by atoms with Gasteiger partial charge in [-0.15, -0.1) is 0 Å². The zero-order valence-corrected chi connectivity index (χ0v) is 34.5. The SMILES string of the molecule is c1ccc(-c2ccc(N(c3ccc(-c4ccc5c(c4)-c4ccccc4C54c5ccccc5Oc5ccccc54)cc3)c3ccccc3-c3ccccc3)c(-c3ccccc3)c2)cc1. The number of fused-ring (bicyclic) bond motifs is 9. The zero-order valence-electron chi connectivity index (χ0n) is 34.5. The molecule has 0 amide bonds. The number of ether oxygens (including phenoxy) is 1. The third-order valence-corrected chi connectivity index (χ3v) is 13.0. The lowest BCUT2D eigenvalue weighted by molar-refractivity contribution is 0.436. The van der Waals surface area contributed by atoms with E-state index in [1.54, 1.807) is 0 Å². The Hall–Kier alpha value is -8.20. The molecule has 0 bridgehead atoms. The normalized spacial score (nSPS) is 12.7. The average Bonchev–Trinajstić information content (AvgIpc) is 3.65. The van der Waals surface area contributed by atoms with Gasteiger partial charge < -0.3 is 9.64 Å². The molecule has 2 aliphatic rings. The molecule has 12 rings (SSSR count). The molecule has 0 saturated carbocycles. The minimum atomic E-state index is -0.487. The van der Waals surface area contributed by atoms with Crippen molar-refractivity contribution in [3.05, 3.63) is 271 Å². The van der Waals surface area contributed by atoms with Gasteiger partial charge in [0.25, 0.3) is 0 Å². The number of para-hydroxylation sites is 3. The minimum Gasteiger partial charge on any atom is -0.457 e. The molecule has 63 heavy (non-hydrogen) atoms. The van der Waals surface area contributed by atoms with E-state index in [1.165, 1.54) is 55.6 Å². The van der Waals surface area contributed by atoms with Crippen LogP contribution in [-0.4, -0.2) is 0 Å². The molecule has 0 N–H and O–H groups in total. The molecule has 0 radical (unpaired) electrons. The molecule has 10 aromatic rings. The van der Waals surface area contributed by atoms with E-state index >= 15 is 0 Å². The highest BCUT2D eigenvalue weighted by molar-refractivity contribution is 5.96. The van der Waals surface area contributed by atoms with Crippen LogP contribution in [-0.2, 0) is 5.41 Å². The van der Waals surface area contributed by atoms with Crippen molar-refractivity contribution >= 4 is 17.1 Å². The van der Waals surface area contributed by atoms with Crippen molar-refractivity contribution in [3.63, 3.8) is 0 Å². The Morgan fingerprint density at radius 3 is 1.35 bits per heavy atom. The Balaban J connectivity index is 1.02. The van der Waals surface area contributed by atoms with Crippen molar-refractivity contribution in [1.82, 2.24) is 0 Å². The molecule has 1 aliphatic heterocycles. The molecule has 0 fully saturated rings. The highest BCUT2D eigenvalue weighted by Gasteiger charge is 2.50. The summed E-state index contributed by atoms with van der Waals surface area (Å²) >= 11 is 0. The molecule has 296 valence electrons. The minimum absolute atomic E-state index is 0.487. The molecule has 2 nitrogen and oxygen atoms in total. The van der Waals surface area contributed by atoms with Crippen LogP contribution in [0.4, 0.5) is 17.1 Å². The predicted molar refractivity (Wildman–Crippen MR) is 260 cm³/mol. The Kier molecular flexibility index (Phi) is 8.76. The molecule has 0 atom stereocenters. The summed E-state index contributed by atoms with van der Waals surface area (Å²) in [4.78, 5) is 2.44. The predicted octanol–water partition coefficient (Wildman–Crippen LogP) is 16.3. The first-order valence-corrected chi connectivity index (χ1v) is 21.7. The van der Waals surface area contributed by atoms with Crippen LogP contribution in [0.2, 0.25) is 0 Å². The van der Waals surface area contributed by atoms with E-state index in [4.69, 9.17) is 4.74 Å². The van der Waals surface area contributed by atoms with Gasteiger partial charge in [-0.05, 0) is 104 Å². The van der Waals surface area contributed by atoms with E-state index in [9.17, 15) is 0 Å². The second-order valence-corrected chi connectivity index (χ2v) is 16.4. The molecule has 1 spiro atoms. The van der Waals surface area contributed by atoms with Gasteiger partial charge in [0.1, 0.15) is 11.5 Å². The Bertz CT molecular complexity index is 3250. The maximum atomic E-state index is 6.57. The van der Waals surface area contributed by atoms with E-state index in [0.717, 1.165) is 50.8 Å². The number of anilines is 3. The maximum absolute atomic E-state index is 6.57. The number of benzene rings is 10. The quantitative estimate of drug-likeness (QED) is 0.159. The van der Waals surface area contributed by atoms with Crippen LogP contribution < -0.4 is 9.64 Å². The number of rotatable bonds is 7. The van der Waals surface area contributed by atoms with E-state index in [1.807, 2.05) is 0 Å². The van der Waals surface area contributed by atoms with E-state index in [-0.39, 0.29) is 0 Å². The van der Waals surface area contributed by atoms with Crippen molar-refractivity contribution in [2.75, 3.05) is 4.90 Å². The topological polar surface area (TPSA) is 12.5 Å². The lowest BCUT2D eigenvalue weighted by Crippen LogP contribution is -2.32. The van der Waals surface area contributed by atoms with Crippen molar-refractivity contribution in [2.24, 2.45) is 0 Å². The first kappa shape index (κ1) is 36.6. The van der Waals surface area contributed by atoms with Gasteiger partial charge in [0.2, 0.25) is 0 Å². The fraction of sp³-hybridized carbons (Fsp3) is 0.0164. The van der Waals surface area contributed by atoms with Crippen LogP contribution >= 0.6 is 0 Å². The lowest BCUT2D eigenvalue weighted by atomic mass is 9.66. The summed E-state index contributed by atoms with van der Waals surface area (Å²) in [6, 6.07) is 90.0. The summed E-state index contributed by atoms with van der Waals surface area (Å²) in [5, 5.41) is 0. The van der Waals surface area contributed by atoms with E-state index < -0.39 is 5.41 Å². The summed E-state index contributed by atoms with van der Waals surface area (Å²) in [6.07, 6.45) is 0. The van der Waals surface area contributed by atoms with Gasteiger partial charge in [0.15, 0.2) is 0 Å². The fourth-order valence-electron chi connectivity index (χ4n) is 10.2. The maximum Gasteiger partial charge on any atom is 0.132 e. The van der Waals surface area contributed by atoms with Gasteiger partial charge in [0.05, 0.1) is 16.8 Å². The van der Waals surface area contributed by atoms with Crippen molar-refractivity contribution in [3.8, 4) is 67.1 Å². The smallest absolute Gasteiger partial charge is 0.132 e. The lowest BCUT2D eigenvalue weighted by Gasteiger charge is -2.39. The molecular weight excluding hydrogens is 763 g/mol. The van der Waals surface area contributed by atoms with Gasteiger partial charge >= 0.3 is 0 Å². The van der Waals surface area contributed by atoms with Crippen LogP contribution in [0.25, 0.3) is 55.6 Å². The summed E-state index contributed by atoms with van der Waals surface area (Å²) in [6.45, 7) is 0. The third-order valence-electron chi connectivity index (χ3n) is 13.0. The number of hydrogen-bond acceptors (Lipinski definition) is 2. The largest absolute Gasteiger partial charge is 0.457 e. The highest BCUT2D eigenvalue weighted by atomic mass is 16.5. The van der Waals surface area contributed by atoms with Gasteiger partial charge in [-0.1, -0.05) is 200 Å². The van der Waals surface area contributed by atoms with Gasteiger partial charge in [0, 0.05) is 27.9 Å². The molecule has 1 aliphatic carbocycles. The van der Waals surface area contributed by atoms with Gasteiger partial charge in [-0.25, -0.2) is 0 Å². The van der Waals surface area contributed by atoms with Crippen LogP contribution in [0, 0.1) is 0 Å². The van der Waals surface area contributed by atoms with Crippen LogP contribution in [0.3, 0.4) is 0 Å².